The van der Waals surface area contributed by atoms with Gasteiger partial charge in [0.1, 0.15) is 5.75 Å². The second-order valence-electron chi connectivity index (χ2n) is 3.84. The standard InChI is InChI=1S/C13H9F3N2O2/c14-13(15,16)20-9-4-1-3-8(7-9)11-10(12(17)19)5-2-6-18-11/h1-7H,(H2,17,19). The average molecular weight is 282 g/mol. The Morgan fingerprint density at radius 1 is 1.20 bits per heavy atom. The number of pyridine rings is 1. The predicted octanol–water partition coefficient (Wildman–Crippen LogP) is 2.75. The van der Waals surface area contributed by atoms with Crippen molar-refractivity contribution in [3.05, 3.63) is 48.2 Å². The van der Waals surface area contributed by atoms with Gasteiger partial charge in [-0.05, 0) is 24.3 Å². The van der Waals surface area contributed by atoms with Gasteiger partial charge < -0.3 is 10.5 Å². The summed E-state index contributed by atoms with van der Waals surface area (Å²) in [5.41, 5.74) is 5.83. The predicted molar refractivity (Wildman–Crippen MR) is 64.9 cm³/mol. The molecule has 0 spiro atoms. The maximum atomic E-state index is 12.2. The molecule has 20 heavy (non-hydrogen) atoms. The molecule has 0 atom stereocenters. The third-order valence-electron chi connectivity index (χ3n) is 2.41. The first-order valence-electron chi connectivity index (χ1n) is 5.48. The van der Waals surface area contributed by atoms with E-state index in [1.165, 1.54) is 30.5 Å². The van der Waals surface area contributed by atoms with Crippen molar-refractivity contribution in [1.82, 2.24) is 4.98 Å². The van der Waals surface area contributed by atoms with Gasteiger partial charge in [-0.2, -0.15) is 0 Å². The first kappa shape index (κ1) is 13.9. The first-order chi connectivity index (χ1) is 9.37. The molecule has 2 rings (SSSR count). The highest BCUT2D eigenvalue weighted by Gasteiger charge is 2.31. The van der Waals surface area contributed by atoms with E-state index in [-0.39, 0.29) is 11.3 Å². The van der Waals surface area contributed by atoms with Crippen LogP contribution in [-0.2, 0) is 0 Å². The molecule has 7 heteroatoms. The van der Waals surface area contributed by atoms with Crippen LogP contribution in [0, 0.1) is 0 Å². The smallest absolute Gasteiger partial charge is 0.406 e. The lowest BCUT2D eigenvalue weighted by atomic mass is 10.1. The average Bonchev–Trinajstić information content (AvgIpc) is 2.37. The molecular formula is C13H9F3N2O2. The second-order valence-corrected chi connectivity index (χ2v) is 3.84. The van der Waals surface area contributed by atoms with E-state index >= 15 is 0 Å². The Morgan fingerprint density at radius 2 is 1.95 bits per heavy atom. The van der Waals surface area contributed by atoms with Crippen LogP contribution in [0.3, 0.4) is 0 Å². The lowest BCUT2D eigenvalue weighted by Gasteiger charge is -2.10. The topological polar surface area (TPSA) is 65.2 Å². The second kappa shape index (κ2) is 5.20. The number of rotatable bonds is 3. The van der Waals surface area contributed by atoms with Gasteiger partial charge in [-0.15, -0.1) is 13.2 Å². The van der Waals surface area contributed by atoms with Crippen molar-refractivity contribution < 1.29 is 22.7 Å². The van der Waals surface area contributed by atoms with E-state index in [1.807, 2.05) is 0 Å². The minimum Gasteiger partial charge on any atom is -0.406 e. The van der Waals surface area contributed by atoms with Gasteiger partial charge in [0.15, 0.2) is 0 Å². The van der Waals surface area contributed by atoms with Crippen molar-refractivity contribution in [2.75, 3.05) is 0 Å². The number of amides is 1. The number of nitrogens with two attached hydrogens (primary N) is 1. The highest BCUT2D eigenvalue weighted by molar-refractivity contribution is 5.98. The van der Waals surface area contributed by atoms with Crippen LogP contribution >= 0.6 is 0 Å². The molecule has 0 radical (unpaired) electrons. The summed E-state index contributed by atoms with van der Waals surface area (Å²) in [7, 11) is 0. The van der Waals surface area contributed by atoms with Crippen LogP contribution in [0.25, 0.3) is 11.3 Å². The van der Waals surface area contributed by atoms with Gasteiger partial charge in [0.25, 0.3) is 5.91 Å². The molecule has 104 valence electrons. The molecule has 0 aliphatic carbocycles. The van der Waals surface area contributed by atoms with Crippen LogP contribution in [0.5, 0.6) is 5.75 Å². The number of carbonyl (C=O) groups excluding carboxylic acids is 1. The zero-order valence-corrected chi connectivity index (χ0v) is 10.0. The number of aromatic nitrogens is 1. The van der Waals surface area contributed by atoms with E-state index in [1.54, 1.807) is 0 Å². The Kier molecular flexibility index (Phi) is 3.60. The number of nitrogens with zero attached hydrogens (tertiary/aromatic N) is 1. The molecule has 1 aromatic carbocycles. The molecule has 1 aromatic heterocycles. The van der Waals surface area contributed by atoms with Crippen molar-refractivity contribution in [2.24, 2.45) is 5.73 Å². The van der Waals surface area contributed by atoms with Gasteiger partial charge in [0, 0.05) is 11.8 Å². The van der Waals surface area contributed by atoms with Crippen molar-refractivity contribution in [1.29, 1.82) is 0 Å². The van der Waals surface area contributed by atoms with E-state index in [0.717, 1.165) is 12.1 Å². The highest BCUT2D eigenvalue weighted by Crippen LogP contribution is 2.28. The number of ether oxygens (including phenoxy) is 1. The Balaban J connectivity index is 2.44. The summed E-state index contributed by atoms with van der Waals surface area (Å²) in [6.07, 6.45) is -3.37. The fraction of sp³-hybridized carbons (Fsp3) is 0.0769. The van der Waals surface area contributed by atoms with Gasteiger partial charge in [0.05, 0.1) is 11.3 Å². The Bertz CT molecular complexity index is 642. The van der Waals surface area contributed by atoms with Gasteiger partial charge in [-0.3, -0.25) is 9.78 Å². The lowest BCUT2D eigenvalue weighted by Crippen LogP contribution is -2.17. The Hall–Kier alpha value is -2.57. The fourth-order valence-corrected chi connectivity index (χ4v) is 1.67. The highest BCUT2D eigenvalue weighted by atomic mass is 19.4. The number of alkyl halides is 3. The van der Waals surface area contributed by atoms with E-state index in [0.29, 0.717) is 5.56 Å². The summed E-state index contributed by atoms with van der Waals surface area (Å²) in [5, 5.41) is 0. The Morgan fingerprint density at radius 3 is 2.60 bits per heavy atom. The van der Waals surface area contributed by atoms with Crippen molar-refractivity contribution in [2.45, 2.75) is 6.36 Å². The van der Waals surface area contributed by atoms with Crippen LogP contribution < -0.4 is 10.5 Å². The van der Waals surface area contributed by atoms with Gasteiger partial charge in [0.2, 0.25) is 0 Å². The van der Waals surface area contributed by atoms with Crippen molar-refractivity contribution in [3.8, 4) is 17.0 Å². The third kappa shape index (κ3) is 3.25. The quantitative estimate of drug-likeness (QED) is 0.941. The van der Waals surface area contributed by atoms with Crippen LogP contribution in [0.4, 0.5) is 13.2 Å². The van der Waals surface area contributed by atoms with Crippen LogP contribution in [-0.4, -0.2) is 17.3 Å². The molecule has 2 aromatic rings. The van der Waals surface area contributed by atoms with E-state index in [9.17, 15) is 18.0 Å². The molecule has 1 amide bonds. The van der Waals surface area contributed by atoms with E-state index in [2.05, 4.69) is 9.72 Å². The summed E-state index contributed by atoms with van der Waals surface area (Å²) >= 11 is 0. The van der Waals surface area contributed by atoms with Crippen molar-refractivity contribution in [3.63, 3.8) is 0 Å². The molecule has 0 bridgehead atoms. The SMILES string of the molecule is NC(=O)c1cccnc1-c1cccc(OC(F)(F)F)c1. The summed E-state index contributed by atoms with van der Waals surface area (Å²) in [5.74, 6) is -1.11. The minimum atomic E-state index is -4.78. The number of primary amides is 1. The largest absolute Gasteiger partial charge is 0.573 e. The monoisotopic (exact) mass is 282 g/mol. The fourth-order valence-electron chi connectivity index (χ4n) is 1.67. The number of hydrogen-bond donors (Lipinski definition) is 1. The van der Waals surface area contributed by atoms with Crippen LogP contribution in [0.1, 0.15) is 10.4 Å². The van der Waals surface area contributed by atoms with Crippen LogP contribution in [0.15, 0.2) is 42.6 Å². The number of carbonyl (C=O) groups is 1. The van der Waals surface area contributed by atoms with Gasteiger partial charge in [-0.1, -0.05) is 12.1 Å². The van der Waals surface area contributed by atoms with Crippen LogP contribution in [0.2, 0.25) is 0 Å². The number of hydrogen-bond acceptors (Lipinski definition) is 3. The summed E-state index contributed by atoms with van der Waals surface area (Å²) in [6.45, 7) is 0. The normalized spacial score (nSPS) is 11.2. The zero-order chi connectivity index (χ0) is 14.8. The zero-order valence-electron chi connectivity index (χ0n) is 10.0. The Labute approximate surface area is 112 Å². The lowest BCUT2D eigenvalue weighted by molar-refractivity contribution is -0.274. The molecule has 4 nitrogen and oxygen atoms in total. The molecule has 1 heterocycles. The molecule has 0 unspecified atom stereocenters. The van der Waals surface area contributed by atoms with E-state index < -0.39 is 18.0 Å². The summed E-state index contributed by atoms with van der Waals surface area (Å²) in [6, 6.07) is 8.14. The molecule has 0 saturated carbocycles. The molecule has 0 aliphatic heterocycles. The third-order valence-corrected chi connectivity index (χ3v) is 2.41. The molecule has 0 aliphatic rings. The van der Waals surface area contributed by atoms with Gasteiger partial charge in [-0.25, -0.2) is 0 Å². The molecular weight excluding hydrogens is 273 g/mol. The maximum Gasteiger partial charge on any atom is 0.573 e. The molecule has 0 fully saturated rings. The summed E-state index contributed by atoms with van der Waals surface area (Å²) in [4.78, 5) is 15.2. The summed E-state index contributed by atoms with van der Waals surface area (Å²) < 4.78 is 40.3. The van der Waals surface area contributed by atoms with Crippen molar-refractivity contribution >= 4 is 5.91 Å². The minimum absolute atomic E-state index is 0.122. The molecule has 2 N–H and O–H groups in total. The number of benzene rings is 1. The maximum absolute atomic E-state index is 12.2. The van der Waals surface area contributed by atoms with E-state index in [4.69, 9.17) is 5.73 Å². The molecule has 0 saturated heterocycles. The van der Waals surface area contributed by atoms with Gasteiger partial charge >= 0.3 is 6.36 Å². The number of halogens is 3. The first-order valence-corrected chi connectivity index (χ1v) is 5.48.